The molecule has 0 aliphatic carbocycles. The zero-order valence-electron chi connectivity index (χ0n) is 24.8. The van der Waals surface area contributed by atoms with Gasteiger partial charge in [0.2, 0.25) is 5.90 Å². The normalized spacial score (nSPS) is 17.6. The fourth-order valence-electron chi connectivity index (χ4n) is 5.09. The summed E-state index contributed by atoms with van der Waals surface area (Å²) in [6.45, 7) is -0.0580. The number of nitrogens with zero attached hydrogens (tertiary/aromatic N) is 1. The van der Waals surface area contributed by atoms with Crippen molar-refractivity contribution in [2.45, 2.75) is 35.9 Å². The van der Waals surface area contributed by atoms with E-state index < -0.39 is 44.8 Å². The molecule has 0 fully saturated rings. The molecule has 4 aromatic rings. The number of aliphatic hydroxyl groups is 1. The zero-order valence-corrected chi connectivity index (χ0v) is 27.2. The molecule has 2 atom stereocenters. The van der Waals surface area contributed by atoms with Crippen molar-refractivity contribution in [2.75, 3.05) is 19.0 Å². The minimum absolute atomic E-state index is 0.00721. The lowest BCUT2D eigenvalue weighted by Crippen LogP contribution is -2.49. The van der Waals surface area contributed by atoms with Crippen molar-refractivity contribution >= 4 is 44.8 Å². The summed E-state index contributed by atoms with van der Waals surface area (Å²) in [5.41, 5.74) is -1.13. The Labute approximate surface area is 280 Å². The van der Waals surface area contributed by atoms with Gasteiger partial charge >= 0.3 is 0 Å². The highest BCUT2D eigenvalue weighted by molar-refractivity contribution is 7.91. The van der Waals surface area contributed by atoms with Crippen LogP contribution in [0.2, 0.25) is 10.0 Å². The number of rotatable bonds is 13. The smallest absolute Gasteiger partial charge is 0.252 e. The number of carbonyl (C=O) groups is 1. The number of carbonyl (C=O) groups excluding carboxylic acids is 1. The van der Waals surface area contributed by atoms with Gasteiger partial charge in [-0.2, -0.15) is 0 Å². The standard InChI is InChI=1S/C34H30Cl2F2N2O6S/c35-24-10-14-28(29(36)19-24)31-34(15-18-47(43,44)27-5-2-1-3-6-27,33(42)39-21-23-7-11-25(37)20-30(23)38)40-32(46-31)22-8-12-26(13-9-22)45-17-4-16-41/h1-3,5-14,19-20,31,41H,4,15-18,21H2,(H,39,42)/t31-,34-/m1/s1. The van der Waals surface area contributed by atoms with Gasteiger partial charge in [0.25, 0.3) is 5.91 Å². The first-order valence-corrected chi connectivity index (χ1v) is 17.0. The Morgan fingerprint density at radius 2 is 1.74 bits per heavy atom. The molecule has 0 radical (unpaired) electrons. The lowest BCUT2D eigenvalue weighted by Gasteiger charge is -2.31. The number of sulfone groups is 1. The maximum Gasteiger partial charge on any atom is 0.252 e. The number of nitrogens with one attached hydrogen (secondary N) is 1. The maximum absolute atomic E-state index is 14.5. The van der Waals surface area contributed by atoms with Crippen molar-refractivity contribution < 1.29 is 36.6 Å². The third kappa shape index (κ3) is 7.93. The summed E-state index contributed by atoms with van der Waals surface area (Å²) >= 11 is 12.8. The molecule has 47 heavy (non-hydrogen) atoms. The second kappa shape index (κ2) is 14.8. The molecule has 0 saturated carbocycles. The first kappa shape index (κ1) is 34.3. The minimum atomic E-state index is -3.91. The van der Waals surface area contributed by atoms with E-state index in [2.05, 4.69) is 5.32 Å². The summed E-state index contributed by atoms with van der Waals surface area (Å²) in [6, 6.07) is 22.0. The van der Waals surface area contributed by atoms with E-state index in [4.69, 9.17) is 42.8 Å². The Morgan fingerprint density at radius 3 is 2.43 bits per heavy atom. The molecule has 8 nitrogen and oxygen atoms in total. The van der Waals surface area contributed by atoms with Crippen LogP contribution in [0.1, 0.15) is 35.6 Å². The summed E-state index contributed by atoms with van der Waals surface area (Å²) in [5, 5.41) is 12.2. The van der Waals surface area contributed by atoms with Gasteiger partial charge in [0.1, 0.15) is 17.4 Å². The van der Waals surface area contributed by atoms with Gasteiger partial charge in [-0.05, 0) is 54.6 Å². The molecule has 13 heteroatoms. The lowest BCUT2D eigenvalue weighted by molar-refractivity contribution is -0.129. The largest absolute Gasteiger partial charge is 0.494 e. The molecule has 0 spiro atoms. The van der Waals surface area contributed by atoms with Crippen LogP contribution in [0.25, 0.3) is 0 Å². The van der Waals surface area contributed by atoms with Crippen molar-refractivity contribution in [3.05, 3.63) is 129 Å². The van der Waals surface area contributed by atoms with Gasteiger partial charge in [-0.1, -0.05) is 53.5 Å². The number of halogens is 4. The zero-order chi connectivity index (χ0) is 33.6. The van der Waals surface area contributed by atoms with Gasteiger partial charge in [-0.3, -0.25) is 4.79 Å². The van der Waals surface area contributed by atoms with Gasteiger partial charge in [0.15, 0.2) is 21.5 Å². The summed E-state index contributed by atoms with van der Waals surface area (Å²) < 4.78 is 67.0. The van der Waals surface area contributed by atoms with Gasteiger partial charge in [0.05, 0.1) is 17.3 Å². The van der Waals surface area contributed by atoms with Crippen molar-refractivity contribution in [3.63, 3.8) is 0 Å². The lowest BCUT2D eigenvalue weighted by atomic mass is 9.85. The number of amides is 1. The van der Waals surface area contributed by atoms with Crippen LogP contribution in [0.3, 0.4) is 0 Å². The molecule has 0 unspecified atom stereocenters. The molecule has 246 valence electrons. The second-order valence-electron chi connectivity index (χ2n) is 10.8. The molecular weight excluding hydrogens is 673 g/mol. The summed E-state index contributed by atoms with van der Waals surface area (Å²) in [5.74, 6) is -2.35. The van der Waals surface area contributed by atoms with Gasteiger partial charge in [-0.25, -0.2) is 22.2 Å². The molecule has 0 aromatic heterocycles. The van der Waals surface area contributed by atoms with Crippen LogP contribution in [0.15, 0.2) is 101 Å². The number of ether oxygens (including phenoxy) is 2. The summed E-state index contributed by atoms with van der Waals surface area (Å²) in [6.07, 6.45) is -1.13. The second-order valence-corrected chi connectivity index (χ2v) is 13.7. The van der Waals surface area contributed by atoms with Gasteiger partial charge < -0.3 is 19.9 Å². The number of benzene rings is 4. The molecular formula is C34H30Cl2F2N2O6S. The SMILES string of the molecule is O=C(NCc1ccc(F)cc1F)[C@]1(CCS(=O)(=O)c2ccccc2)N=C(c2ccc(OCCCO)cc2)O[C@@H]1c1ccc(Cl)cc1Cl. The average molecular weight is 704 g/mol. The third-order valence-electron chi connectivity index (χ3n) is 7.58. The van der Waals surface area contributed by atoms with Crippen LogP contribution in [0.5, 0.6) is 5.75 Å². The number of hydrogen-bond acceptors (Lipinski definition) is 7. The molecule has 0 bridgehead atoms. The number of aliphatic hydroxyl groups excluding tert-OH is 1. The van der Waals surface area contributed by atoms with E-state index in [1.54, 1.807) is 54.6 Å². The van der Waals surface area contributed by atoms with E-state index in [9.17, 15) is 22.0 Å². The van der Waals surface area contributed by atoms with Crippen LogP contribution < -0.4 is 10.1 Å². The minimum Gasteiger partial charge on any atom is -0.494 e. The van der Waals surface area contributed by atoms with Crippen molar-refractivity contribution in [3.8, 4) is 5.75 Å². The predicted molar refractivity (Wildman–Crippen MR) is 175 cm³/mol. The highest BCUT2D eigenvalue weighted by Crippen LogP contribution is 2.45. The molecule has 2 N–H and O–H groups in total. The number of hydrogen-bond donors (Lipinski definition) is 2. The Bertz CT molecular complexity index is 1880. The van der Waals surface area contributed by atoms with Crippen LogP contribution in [0.4, 0.5) is 8.78 Å². The fraction of sp³-hybridized carbons (Fsp3) is 0.235. The van der Waals surface area contributed by atoms with Crippen LogP contribution in [-0.2, 0) is 25.9 Å². The van der Waals surface area contributed by atoms with E-state index in [0.29, 0.717) is 41.0 Å². The van der Waals surface area contributed by atoms with Crippen molar-refractivity contribution in [1.82, 2.24) is 5.32 Å². The van der Waals surface area contributed by atoms with E-state index in [1.165, 1.54) is 24.3 Å². The summed E-state index contributed by atoms with van der Waals surface area (Å²) in [7, 11) is -3.91. The Hall–Kier alpha value is -4.03. The van der Waals surface area contributed by atoms with E-state index >= 15 is 0 Å². The van der Waals surface area contributed by atoms with E-state index in [-0.39, 0.29) is 41.0 Å². The number of aliphatic imine (C=N–C) groups is 1. The molecule has 1 aliphatic heterocycles. The maximum atomic E-state index is 14.5. The molecule has 1 amide bonds. The van der Waals surface area contributed by atoms with E-state index in [1.807, 2.05) is 0 Å². The Kier molecular flexibility index (Phi) is 10.8. The van der Waals surface area contributed by atoms with Gasteiger partial charge in [0, 0.05) is 58.8 Å². The average Bonchev–Trinajstić information content (AvgIpc) is 3.45. The third-order valence-corrected chi connectivity index (χ3v) is 9.88. The Balaban J connectivity index is 1.58. The molecule has 5 rings (SSSR count). The highest BCUT2D eigenvalue weighted by Gasteiger charge is 2.54. The van der Waals surface area contributed by atoms with Crippen molar-refractivity contribution in [2.24, 2.45) is 4.99 Å². The molecule has 0 saturated heterocycles. The van der Waals surface area contributed by atoms with Crippen molar-refractivity contribution in [1.29, 1.82) is 0 Å². The monoisotopic (exact) mass is 702 g/mol. The topological polar surface area (TPSA) is 114 Å². The first-order chi connectivity index (χ1) is 22.5. The van der Waals surface area contributed by atoms with E-state index in [0.717, 1.165) is 6.07 Å². The Morgan fingerprint density at radius 1 is 1.00 bits per heavy atom. The van der Waals surface area contributed by atoms with Crippen LogP contribution in [-0.4, -0.2) is 49.8 Å². The highest BCUT2D eigenvalue weighted by atomic mass is 35.5. The van der Waals surface area contributed by atoms with Crippen LogP contribution >= 0.6 is 23.2 Å². The first-order valence-electron chi connectivity index (χ1n) is 14.6. The molecule has 4 aromatic carbocycles. The molecule has 1 aliphatic rings. The van der Waals surface area contributed by atoms with Gasteiger partial charge in [-0.15, -0.1) is 0 Å². The fourth-order valence-corrected chi connectivity index (χ4v) is 6.99. The van der Waals surface area contributed by atoms with Crippen LogP contribution in [0, 0.1) is 11.6 Å². The summed E-state index contributed by atoms with van der Waals surface area (Å²) in [4.78, 5) is 19.1. The quantitative estimate of drug-likeness (QED) is 0.154. The predicted octanol–water partition coefficient (Wildman–Crippen LogP) is 6.47. The molecule has 1 heterocycles.